The zero-order valence-electron chi connectivity index (χ0n) is 9.25. The number of nitrogens with zero attached hydrogens (tertiary/aromatic N) is 2. The van der Waals surface area contributed by atoms with E-state index in [1.807, 2.05) is 5.32 Å². The van der Waals surface area contributed by atoms with E-state index in [-0.39, 0.29) is 16.4 Å². The van der Waals surface area contributed by atoms with Crippen molar-refractivity contribution in [2.75, 3.05) is 4.90 Å². The minimum Gasteiger partial charge on any atom is -0.277 e. The molecule has 0 radical (unpaired) electrons. The number of hydrogen-bond acceptors (Lipinski definition) is 5. The highest BCUT2D eigenvalue weighted by atomic mass is 35.5. The molecule has 1 aromatic carbocycles. The fraction of sp³-hybridized carbons (Fsp3) is 0.100. The molecule has 2 rings (SSSR count). The van der Waals surface area contributed by atoms with Crippen molar-refractivity contribution in [2.45, 2.75) is 6.42 Å². The van der Waals surface area contributed by atoms with Gasteiger partial charge in [-0.1, -0.05) is 11.6 Å². The number of nitrogens with one attached hydrogen (secondary N) is 1. The highest BCUT2D eigenvalue weighted by molar-refractivity contribution is 6.36. The number of non-ortho nitro benzene ring substituents is 1. The Morgan fingerprint density at radius 3 is 2.58 bits per heavy atom. The topological polar surface area (TPSA) is 110 Å². The Morgan fingerprint density at radius 2 is 2.00 bits per heavy atom. The van der Waals surface area contributed by atoms with Gasteiger partial charge in [0, 0.05) is 12.1 Å². The van der Waals surface area contributed by atoms with E-state index in [1.165, 1.54) is 6.07 Å². The largest absolute Gasteiger partial charge is 0.335 e. The summed E-state index contributed by atoms with van der Waals surface area (Å²) >= 11 is 5.82. The van der Waals surface area contributed by atoms with Gasteiger partial charge < -0.3 is 0 Å². The second-order valence-corrected chi connectivity index (χ2v) is 4.06. The molecule has 1 heterocycles. The van der Waals surface area contributed by atoms with Gasteiger partial charge >= 0.3 is 6.03 Å². The first kappa shape index (κ1) is 13.0. The van der Waals surface area contributed by atoms with E-state index in [0.717, 1.165) is 12.1 Å². The van der Waals surface area contributed by atoms with Crippen molar-refractivity contribution in [3.8, 4) is 0 Å². The molecule has 0 saturated carbocycles. The number of carbonyl (C=O) groups excluding carboxylic acids is 3. The molecule has 0 aliphatic carbocycles. The molecule has 1 aliphatic rings. The number of carbonyl (C=O) groups is 3. The van der Waals surface area contributed by atoms with Crippen molar-refractivity contribution in [1.82, 2.24) is 5.32 Å². The van der Waals surface area contributed by atoms with Crippen LogP contribution in [0.2, 0.25) is 5.02 Å². The summed E-state index contributed by atoms with van der Waals surface area (Å²) in [4.78, 5) is 44.8. The Labute approximate surface area is 111 Å². The molecule has 0 spiro atoms. The van der Waals surface area contributed by atoms with Gasteiger partial charge in [0.2, 0.25) is 11.8 Å². The van der Waals surface area contributed by atoms with Crippen LogP contribution >= 0.6 is 11.6 Å². The van der Waals surface area contributed by atoms with Crippen LogP contribution in [0.15, 0.2) is 18.2 Å². The van der Waals surface area contributed by atoms with Gasteiger partial charge in [-0.15, -0.1) is 0 Å². The van der Waals surface area contributed by atoms with E-state index < -0.39 is 29.2 Å². The van der Waals surface area contributed by atoms with E-state index in [0.29, 0.717) is 4.90 Å². The molecule has 4 amide bonds. The number of hydrogen-bond donors (Lipinski definition) is 1. The average molecular weight is 284 g/mol. The molecule has 1 saturated heterocycles. The van der Waals surface area contributed by atoms with Crippen LogP contribution in [-0.2, 0) is 9.59 Å². The maximum absolute atomic E-state index is 11.7. The van der Waals surface area contributed by atoms with E-state index >= 15 is 0 Å². The smallest absolute Gasteiger partial charge is 0.277 e. The lowest BCUT2D eigenvalue weighted by molar-refractivity contribution is -0.384. The van der Waals surface area contributed by atoms with Gasteiger partial charge in [0.25, 0.3) is 5.69 Å². The van der Waals surface area contributed by atoms with Gasteiger partial charge in [-0.05, 0) is 6.07 Å². The van der Waals surface area contributed by atoms with E-state index in [2.05, 4.69) is 0 Å². The molecule has 1 aromatic rings. The summed E-state index contributed by atoms with van der Waals surface area (Å²) in [6.07, 6.45) is -0.523. The van der Waals surface area contributed by atoms with Crippen molar-refractivity contribution in [2.24, 2.45) is 0 Å². The van der Waals surface area contributed by atoms with Crippen LogP contribution in [0, 0.1) is 10.1 Å². The first-order valence-electron chi connectivity index (χ1n) is 5.01. The summed E-state index contributed by atoms with van der Waals surface area (Å²) in [7, 11) is 0. The lowest BCUT2D eigenvalue weighted by Crippen LogP contribution is -2.53. The minimum atomic E-state index is -0.983. The molecule has 0 bridgehead atoms. The van der Waals surface area contributed by atoms with Gasteiger partial charge in [-0.25, -0.2) is 9.69 Å². The summed E-state index contributed by atoms with van der Waals surface area (Å²) in [6.45, 7) is 0. The van der Waals surface area contributed by atoms with Crippen LogP contribution in [-0.4, -0.2) is 22.8 Å². The molecule has 19 heavy (non-hydrogen) atoms. The Hall–Kier alpha value is -2.48. The predicted molar refractivity (Wildman–Crippen MR) is 63.7 cm³/mol. The van der Waals surface area contributed by atoms with Crippen molar-refractivity contribution < 1.29 is 19.3 Å². The summed E-state index contributed by atoms with van der Waals surface area (Å²) in [5.41, 5.74) is -0.456. The van der Waals surface area contributed by atoms with Crippen LogP contribution in [0.1, 0.15) is 6.42 Å². The molecule has 0 atom stereocenters. The first-order chi connectivity index (χ1) is 8.90. The van der Waals surface area contributed by atoms with Gasteiger partial charge in [-0.2, -0.15) is 0 Å². The molecule has 9 heteroatoms. The number of anilines is 1. The molecule has 8 nitrogen and oxygen atoms in total. The van der Waals surface area contributed by atoms with E-state index in [1.54, 1.807) is 0 Å². The standard InChI is InChI=1S/C10H6ClN3O5/c11-6-2-1-5(14(18)19)3-7(6)13-9(16)4-8(15)12-10(13)17/h1-3H,4H2,(H,12,15,17). The van der Waals surface area contributed by atoms with Crippen LogP contribution in [0.3, 0.4) is 0 Å². The van der Waals surface area contributed by atoms with E-state index in [9.17, 15) is 24.5 Å². The number of rotatable bonds is 2. The van der Waals surface area contributed by atoms with Gasteiger partial charge in [0.1, 0.15) is 6.42 Å². The third-order valence-electron chi connectivity index (χ3n) is 2.39. The van der Waals surface area contributed by atoms with Crippen molar-refractivity contribution in [3.05, 3.63) is 33.3 Å². The van der Waals surface area contributed by atoms with Crippen molar-refractivity contribution in [1.29, 1.82) is 0 Å². The maximum atomic E-state index is 11.7. The summed E-state index contributed by atoms with van der Waals surface area (Å²) in [5.74, 6) is -1.52. The number of urea groups is 1. The second kappa shape index (κ2) is 4.65. The highest BCUT2D eigenvalue weighted by Gasteiger charge is 2.34. The Balaban J connectivity index is 2.48. The third kappa shape index (κ3) is 2.38. The molecule has 1 fully saturated rings. The molecular formula is C10H6ClN3O5. The number of imide groups is 2. The zero-order valence-corrected chi connectivity index (χ0v) is 10.0. The number of nitro benzene ring substituents is 1. The molecule has 98 valence electrons. The van der Waals surface area contributed by atoms with Gasteiger partial charge in [0.15, 0.2) is 0 Å². The molecule has 0 unspecified atom stereocenters. The van der Waals surface area contributed by atoms with Crippen LogP contribution in [0.4, 0.5) is 16.2 Å². The SMILES string of the molecule is O=C1CC(=O)N(c2cc([N+](=O)[O-])ccc2Cl)C(=O)N1. The summed E-state index contributed by atoms with van der Waals surface area (Å²) in [5, 5.41) is 12.6. The number of amides is 4. The van der Waals surface area contributed by atoms with Gasteiger partial charge in [-0.3, -0.25) is 25.0 Å². The second-order valence-electron chi connectivity index (χ2n) is 3.65. The normalized spacial score (nSPS) is 15.4. The number of barbiturate groups is 1. The van der Waals surface area contributed by atoms with E-state index in [4.69, 9.17) is 11.6 Å². The van der Waals surface area contributed by atoms with Crippen molar-refractivity contribution in [3.63, 3.8) is 0 Å². The van der Waals surface area contributed by atoms with Crippen LogP contribution in [0.25, 0.3) is 0 Å². The lowest BCUT2D eigenvalue weighted by atomic mass is 10.2. The number of benzene rings is 1. The zero-order chi connectivity index (χ0) is 14.2. The minimum absolute atomic E-state index is 0.0107. The quantitative estimate of drug-likeness (QED) is 0.498. The first-order valence-corrected chi connectivity index (χ1v) is 5.38. The van der Waals surface area contributed by atoms with Crippen LogP contribution < -0.4 is 10.2 Å². The highest BCUT2D eigenvalue weighted by Crippen LogP contribution is 2.31. The number of nitro groups is 1. The lowest BCUT2D eigenvalue weighted by Gasteiger charge is -2.25. The Morgan fingerprint density at radius 1 is 1.32 bits per heavy atom. The molecule has 1 N–H and O–H groups in total. The summed E-state index contributed by atoms with van der Waals surface area (Å²) in [6, 6.07) is 2.36. The monoisotopic (exact) mass is 283 g/mol. The average Bonchev–Trinajstić information content (AvgIpc) is 2.29. The fourth-order valence-electron chi connectivity index (χ4n) is 1.58. The fourth-order valence-corrected chi connectivity index (χ4v) is 1.78. The molecule has 1 aliphatic heterocycles. The molecule has 0 aromatic heterocycles. The predicted octanol–water partition coefficient (Wildman–Crippen LogP) is 1.22. The van der Waals surface area contributed by atoms with Crippen molar-refractivity contribution >= 4 is 40.8 Å². The maximum Gasteiger partial charge on any atom is 0.335 e. The van der Waals surface area contributed by atoms with Gasteiger partial charge in [0.05, 0.1) is 15.6 Å². The van der Waals surface area contributed by atoms with Crippen LogP contribution in [0.5, 0.6) is 0 Å². The summed E-state index contributed by atoms with van der Waals surface area (Å²) < 4.78 is 0. The Bertz CT molecular complexity index is 595. The Kier molecular flexibility index (Phi) is 3.17. The third-order valence-corrected chi connectivity index (χ3v) is 2.71. The molecular weight excluding hydrogens is 278 g/mol. The number of halogens is 1.